The molecule has 2 rings (SSSR count). The first-order valence-electron chi connectivity index (χ1n) is 6.13. The Labute approximate surface area is 130 Å². The summed E-state index contributed by atoms with van der Waals surface area (Å²) in [5.41, 5.74) is 3.65. The Morgan fingerprint density at radius 1 is 1.19 bits per heavy atom. The van der Waals surface area contributed by atoms with Crippen LogP contribution in [0.25, 0.3) is 0 Å². The van der Waals surface area contributed by atoms with E-state index < -0.39 is 0 Å². The van der Waals surface area contributed by atoms with Gasteiger partial charge >= 0.3 is 0 Å². The molecule has 2 aromatic rings. The molecule has 0 aliphatic carbocycles. The van der Waals surface area contributed by atoms with E-state index in [9.17, 15) is 9.90 Å². The molecule has 21 heavy (non-hydrogen) atoms. The maximum atomic E-state index is 11.7. The predicted octanol–water partition coefficient (Wildman–Crippen LogP) is 2.55. The summed E-state index contributed by atoms with van der Waals surface area (Å²) in [4.78, 5) is 11.7. The minimum Gasteiger partial charge on any atom is -0.508 e. The van der Waals surface area contributed by atoms with Gasteiger partial charge in [0.25, 0.3) is 0 Å². The van der Waals surface area contributed by atoms with Crippen molar-refractivity contribution < 1.29 is 15.0 Å². The van der Waals surface area contributed by atoms with Crippen LogP contribution in [0.1, 0.15) is 11.1 Å². The van der Waals surface area contributed by atoms with Crippen molar-refractivity contribution in [2.24, 2.45) is 5.10 Å². The van der Waals surface area contributed by atoms with Crippen molar-refractivity contribution in [3.05, 3.63) is 58.1 Å². The van der Waals surface area contributed by atoms with Crippen LogP contribution in [0.2, 0.25) is 0 Å². The van der Waals surface area contributed by atoms with Crippen LogP contribution in [0, 0.1) is 0 Å². The third-order valence-corrected chi connectivity index (χ3v) is 3.21. The van der Waals surface area contributed by atoms with Crippen molar-refractivity contribution >= 4 is 28.1 Å². The van der Waals surface area contributed by atoms with Gasteiger partial charge in [0.2, 0.25) is 5.91 Å². The fourth-order valence-corrected chi connectivity index (χ4v) is 1.91. The predicted molar refractivity (Wildman–Crippen MR) is 83.4 cm³/mol. The molecule has 108 valence electrons. The number of phenolic OH excluding ortho intramolecular Hbond substituents is 2. The molecular weight excluding hydrogens is 336 g/mol. The Morgan fingerprint density at radius 3 is 2.57 bits per heavy atom. The van der Waals surface area contributed by atoms with Gasteiger partial charge in [-0.05, 0) is 29.8 Å². The lowest BCUT2D eigenvalue weighted by Crippen LogP contribution is -2.19. The second-order valence-corrected chi connectivity index (χ2v) is 5.26. The minimum atomic E-state index is -0.258. The summed E-state index contributed by atoms with van der Waals surface area (Å²) in [6, 6.07) is 11.5. The van der Waals surface area contributed by atoms with Gasteiger partial charge in [-0.1, -0.05) is 28.1 Å². The lowest BCUT2D eigenvalue weighted by atomic mass is 10.1. The largest absolute Gasteiger partial charge is 0.508 e. The van der Waals surface area contributed by atoms with Crippen molar-refractivity contribution in [1.29, 1.82) is 0 Å². The number of hydrazone groups is 1. The van der Waals surface area contributed by atoms with E-state index in [0.29, 0.717) is 5.56 Å². The van der Waals surface area contributed by atoms with Gasteiger partial charge in [0.1, 0.15) is 11.5 Å². The molecule has 0 spiro atoms. The summed E-state index contributed by atoms with van der Waals surface area (Å²) in [7, 11) is 0. The number of hydrogen-bond acceptors (Lipinski definition) is 4. The first kappa shape index (κ1) is 15.1. The number of aromatic hydroxyl groups is 2. The van der Waals surface area contributed by atoms with E-state index in [-0.39, 0.29) is 23.8 Å². The van der Waals surface area contributed by atoms with Gasteiger partial charge in [-0.2, -0.15) is 5.10 Å². The van der Waals surface area contributed by atoms with Gasteiger partial charge < -0.3 is 10.2 Å². The normalized spacial score (nSPS) is 10.7. The Morgan fingerprint density at radius 2 is 1.90 bits per heavy atom. The van der Waals surface area contributed by atoms with E-state index in [2.05, 4.69) is 26.5 Å². The number of nitrogens with zero attached hydrogens (tertiary/aromatic N) is 1. The van der Waals surface area contributed by atoms with Crippen molar-refractivity contribution in [3.63, 3.8) is 0 Å². The number of benzene rings is 2. The zero-order chi connectivity index (χ0) is 15.2. The van der Waals surface area contributed by atoms with E-state index >= 15 is 0 Å². The van der Waals surface area contributed by atoms with Gasteiger partial charge in [0, 0.05) is 16.1 Å². The second-order valence-electron chi connectivity index (χ2n) is 4.34. The van der Waals surface area contributed by atoms with Crippen LogP contribution in [-0.4, -0.2) is 22.3 Å². The van der Waals surface area contributed by atoms with Crippen LogP contribution in [-0.2, 0) is 11.2 Å². The van der Waals surface area contributed by atoms with Crippen molar-refractivity contribution in [3.8, 4) is 11.5 Å². The molecule has 6 heteroatoms. The SMILES string of the molecule is O=C(Cc1ccc(Br)cc1)N/N=C/c1ccc(O)cc1O. The van der Waals surface area contributed by atoms with Gasteiger partial charge in [-0.25, -0.2) is 5.43 Å². The third kappa shape index (κ3) is 4.61. The standard InChI is InChI=1S/C15H13BrN2O3/c16-12-4-1-10(2-5-12)7-15(21)18-17-9-11-3-6-13(19)8-14(11)20/h1-6,8-9,19-20H,7H2,(H,18,21)/b17-9+. The molecule has 0 unspecified atom stereocenters. The lowest BCUT2D eigenvalue weighted by molar-refractivity contribution is -0.120. The molecule has 0 aromatic heterocycles. The minimum absolute atomic E-state index is 0.0380. The lowest BCUT2D eigenvalue weighted by Gasteiger charge is -2.01. The Bertz CT molecular complexity index is 669. The number of amides is 1. The maximum absolute atomic E-state index is 11.7. The van der Waals surface area contributed by atoms with Gasteiger partial charge in [-0.3, -0.25) is 4.79 Å². The first-order valence-corrected chi connectivity index (χ1v) is 6.92. The molecule has 0 atom stereocenters. The van der Waals surface area contributed by atoms with E-state index in [1.165, 1.54) is 24.4 Å². The zero-order valence-corrected chi connectivity index (χ0v) is 12.5. The smallest absolute Gasteiger partial charge is 0.244 e. The highest BCUT2D eigenvalue weighted by molar-refractivity contribution is 9.10. The van der Waals surface area contributed by atoms with Crippen LogP contribution in [0.3, 0.4) is 0 Å². The monoisotopic (exact) mass is 348 g/mol. The number of halogens is 1. The molecular formula is C15H13BrN2O3. The van der Waals surface area contributed by atoms with Crippen LogP contribution in [0.5, 0.6) is 11.5 Å². The molecule has 0 saturated heterocycles. The molecule has 2 aromatic carbocycles. The number of phenols is 2. The van der Waals surface area contributed by atoms with Crippen molar-refractivity contribution in [2.75, 3.05) is 0 Å². The highest BCUT2D eigenvalue weighted by Crippen LogP contribution is 2.20. The third-order valence-electron chi connectivity index (χ3n) is 2.68. The van der Waals surface area contributed by atoms with Crippen LogP contribution in [0.15, 0.2) is 52.0 Å². The van der Waals surface area contributed by atoms with E-state index in [1.807, 2.05) is 24.3 Å². The number of rotatable bonds is 4. The number of carbonyl (C=O) groups is 1. The fraction of sp³-hybridized carbons (Fsp3) is 0.0667. The summed E-state index contributed by atoms with van der Waals surface area (Å²) < 4.78 is 0.951. The van der Waals surface area contributed by atoms with Gasteiger partial charge in [0.05, 0.1) is 12.6 Å². The van der Waals surface area contributed by atoms with Crippen molar-refractivity contribution in [2.45, 2.75) is 6.42 Å². The highest BCUT2D eigenvalue weighted by Gasteiger charge is 2.03. The molecule has 0 radical (unpaired) electrons. The van der Waals surface area contributed by atoms with E-state index in [1.54, 1.807) is 0 Å². The van der Waals surface area contributed by atoms with Crippen LogP contribution in [0.4, 0.5) is 0 Å². The average molecular weight is 349 g/mol. The molecule has 0 aliphatic heterocycles. The Balaban J connectivity index is 1.91. The maximum Gasteiger partial charge on any atom is 0.244 e. The quantitative estimate of drug-likeness (QED) is 0.586. The average Bonchev–Trinajstić information content (AvgIpc) is 2.44. The number of hydrogen-bond donors (Lipinski definition) is 3. The Kier molecular flexibility index (Phi) is 4.94. The van der Waals surface area contributed by atoms with E-state index in [4.69, 9.17) is 5.11 Å². The molecule has 0 heterocycles. The van der Waals surface area contributed by atoms with Crippen molar-refractivity contribution in [1.82, 2.24) is 5.43 Å². The topological polar surface area (TPSA) is 81.9 Å². The molecule has 0 fully saturated rings. The molecule has 1 amide bonds. The first-order chi connectivity index (χ1) is 10.0. The summed E-state index contributed by atoms with van der Waals surface area (Å²) in [5, 5.41) is 22.5. The molecule has 0 saturated carbocycles. The number of nitrogens with one attached hydrogen (secondary N) is 1. The van der Waals surface area contributed by atoms with Gasteiger partial charge in [0.15, 0.2) is 0 Å². The molecule has 3 N–H and O–H groups in total. The second kappa shape index (κ2) is 6.90. The van der Waals surface area contributed by atoms with Crippen LogP contribution >= 0.6 is 15.9 Å². The number of carbonyl (C=O) groups excluding carboxylic acids is 1. The molecule has 0 bridgehead atoms. The molecule has 0 aliphatic rings. The summed E-state index contributed by atoms with van der Waals surface area (Å²) in [6.45, 7) is 0. The van der Waals surface area contributed by atoms with Gasteiger partial charge in [-0.15, -0.1) is 0 Å². The van der Waals surface area contributed by atoms with Crippen LogP contribution < -0.4 is 5.43 Å². The Hall–Kier alpha value is -2.34. The summed E-state index contributed by atoms with van der Waals surface area (Å²) in [5.74, 6) is -0.406. The molecule has 5 nitrogen and oxygen atoms in total. The summed E-state index contributed by atoms with van der Waals surface area (Å²) >= 11 is 3.33. The fourth-order valence-electron chi connectivity index (χ4n) is 1.64. The van der Waals surface area contributed by atoms with E-state index in [0.717, 1.165) is 10.0 Å². The zero-order valence-electron chi connectivity index (χ0n) is 11.0. The highest BCUT2D eigenvalue weighted by atomic mass is 79.9. The summed E-state index contributed by atoms with van der Waals surface area (Å²) in [6.07, 6.45) is 1.53.